The summed E-state index contributed by atoms with van der Waals surface area (Å²) in [5, 5.41) is 6.54. The highest BCUT2D eigenvalue weighted by atomic mass is 35.5. The summed E-state index contributed by atoms with van der Waals surface area (Å²) < 4.78 is 21.6. The Labute approximate surface area is 191 Å². The maximum absolute atomic E-state index is 14.5. The van der Waals surface area contributed by atoms with Crippen molar-refractivity contribution in [3.8, 4) is 0 Å². The van der Waals surface area contributed by atoms with Crippen LogP contribution >= 0.6 is 11.6 Å². The van der Waals surface area contributed by atoms with Crippen molar-refractivity contribution in [1.29, 1.82) is 0 Å². The number of aryl methyl sites for hydroxylation is 1. The summed E-state index contributed by atoms with van der Waals surface area (Å²) >= 11 is 6.10. The molecule has 3 heterocycles. The first-order valence-electron chi connectivity index (χ1n) is 10.8. The van der Waals surface area contributed by atoms with Gasteiger partial charge in [-0.1, -0.05) is 24.6 Å². The third-order valence-electron chi connectivity index (χ3n) is 5.54. The van der Waals surface area contributed by atoms with E-state index < -0.39 is 0 Å². The van der Waals surface area contributed by atoms with E-state index in [1.165, 1.54) is 6.07 Å². The average Bonchev–Trinajstić information content (AvgIpc) is 3.17. The zero-order valence-corrected chi connectivity index (χ0v) is 18.8. The minimum absolute atomic E-state index is 0.209. The van der Waals surface area contributed by atoms with Gasteiger partial charge < -0.3 is 15.4 Å². The molecule has 7 nitrogen and oxygen atoms in total. The topological polar surface area (TPSA) is 70.9 Å². The highest BCUT2D eigenvalue weighted by molar-refractivity contribution is 6.30. The number of morpholine rings is 1. The van der Waals surface area contributed by atoms with Crippen molar-refractivity contribution in [2.75, 3.05) is 44.7 Å². The fourth-order valence-corrected chi connectivity index (χ4v) is 3.97. The van der Waals surface area contributed by atoms with E-state index in [1.54, 1.807) is 28.8 Å². The van der Waals surface area contributed by atoms with Crippen LogP contribution in [0.3, 0.4) is 0 Å². The van der Waals surface area contributed by atoms with Crippen molar-refractivity contribution < 1.29 is 13.9 Å². The lowest BCUT2D eigenvalue weighted by Gasteiger charge is -2.26. The lowest BCUT2D eigenvalue weighted by molar-refractivity contribution is 0.0398. The molecule has 1 saturated heterocycles. The molecule has 0 unspecified atom stereocenters. The third kappa shape index (κ3) is 5.20. The number of fused-ring (bicyclic) bond motifs is 1. The fourth-order valence-electron chi connectivity index (χ4n) is 3.81. The predicted molar refractivity (Wildman–Crippen MR) is 123 cm³/mol. The van der Waals surface area contributed by atoms with E-state index in [9.17, 15) is 9.18 Å². The van der Waals surface area contributed by atoms with Gasteiger partial charge in [-0.05, 0) is 36.2 Å². The molecule has 0 radical (unpaired) electrons. The molecule has 2 aromatic heterocycles. The van der Waals surface area contributed by atoms with Crippen LogP contribution in [0.1, 0.15) is 28.7 Å². The monoisotopic (exact) mass is 459 g/mol. The number of pyridine rings is 1. The number of rotatable bonds is 8. The lowest BCUT2D eigenvalue weighted by Crippen LogP contribution is -2.39. The number of anilines is 1. The average molecular weight is 460 g/mol. The molecule has 2 N–H and O–H groups in total. The molecule has 1 aliphatic heterocycles. The van der Waals surface area contributed by atoms with E-state index in [2.05, 4.69) is 20.5 Å². The number of nitrogens with one attached hydrogen (secondary N) is 2. The first-order valence-corrected chi connectivity index (χ1v) is 11.2. The van der Waals surface area contributed by atoms with Gasteiger partial charge in [0, 0.05) is 38.9 Å². The van der Waals surface area contributed by atoms with Gasteiger partial charge in [0.15, 0.2) is 0 Å². The van der Waals surface area contributed by atoms with Crippen LogP contribution in [-0.2, 0) is 17.7 Å². The largest absolute Gasteiger partial charge is 0.381 e. The van der Waals surface area contributed by atoms with Crippen LogP contribution in [-0.4, -0.2) is 59.6 Å². The molecule has 0 atom stereocenters. The maximum Gasteiger partial charge on any atom is 0.270 e. The van der Waals surface area contributed by atoms with E-state index in [-0.39, 0.29) is 18.3 Å². The van der Waals surface area contributed by atoms with Crippen LogP contribution in [0.2, 0.25) is 5.02 Å². The zero-order chi connectivity index (χ0) is 22.5. The lowest BCUT2D eigenvalue weighted by atomic mass is 10.2. The maximum atomic E-state index is 14.5. The highest BCUT2D eigenvalue weighted by Gasteiger charge is 2.18. The first-order chi connectivity index (χ1) is 15.5. The molecule has 0 bridgehead atoms. The number of aromatic nitrogens is 2. The normalized spacial score (nSPS) is 14.6. The third-order valence-corrected chi connectivity index (χ3v) is 5.76. The molecule has 170 valence electrons. The number of halogens is 2. The van der Waals surface area contributed by atoms with Crippen molar-refractivity contribution in [2.24, 2.45) is 0 Å². The molecule has 0 aliphatic carbocycles. The number of ether oxygens (including phenoxy) is 1. The molecular weight excluding hydrogens is 433 g/mol. The van der Waals surface area contributed by atoms with Gasteiger partial charge in [0.2, 0.25) is 0 Å². The molecule has 0 saturated carbocycles. The smallest absolute Gasteiger partial charge is 0.270 e. The van der Waals surface area contributed by atoms with E-state index in [0.717, 1.165) is 32.8 Å². The van der Waals surface area contributed by atoms with E-state index in [4.69, 9.17) is 16.3 Å². The molecular formula is C23H27ClFN5O2. The number of hydrogen-bond acceptors (Lipinski definition) is 5. The Morgan fingerprint density at radius 2 is 2.06 bits per heavy atom. The number of benzene rings is 1. The van der Waals surface area contributed by atoms with Crippen LogP contribution in [0, 0.1) is 5.82 Å². The quantitative estimate of drug-likeness (QED) is 0.540. The second kappa shape index (κ2) is 10.3. The van der Waals surface area contributed by atoms with Gasteiger partial charge in [0.25, 0.3) is 5.91 Å². The Balaban J connectivity index is 1.36. The molecule has 3 aromatic rings. The summed E-state index contributed by atoms with van der Waals surface area (Å²) in [4.78, 5) is 19.7. The Morgan fingerprint density at radius 1 is 1.25 bits per heavy atom. The summed E-state index contributed by atoms with van der Waals surface area (Å²) in [6.45, 7) is 6.95. The SMILES string of the molecule is CCc1nc2ccc(Cl)cn2c1C(=O)NCc1ccc(NCCN2CCOCC2)c(F)c1. The summed E-state index contributed by atoms with van der Waals surface area (Å²) in [6.07, 6.45) is 2.29. The van der Waals surface area contributed by atoms with Gasteiger partial charge in [-0.25, -0.2) is 9.37 Å². The van der Waals surface area contributed by atoms with Crippen molar-refractivity contribution >= 4 is 28.8 Å². The number of carbonyl (C=O) groups is 1. The summed E-state index contributed by atoms with van der Waals surface area (Å²) in [5.41, 5.74) is 2.94. The predicted octanol–water partition coefficient (Wildman–Crippen LogP) is 3.36. The summed E-state index contributed by atoms with van der Waals surface area (Å²) in [5.74, 6) is -0.612. The van der Waals surface area contributed by atoms with Crippen LogP contribution in [0.25, 0.3) is 5.65 Å². The Hall–Kier alpha value is -2.68. The molecule has 9 heteroatoms. The van der Waals surface area contributed by atoms with Gasteiger partial charge in [0.05, 0.1) is 29.6 Å². The second-order valence-electron chi connectivity index (χ2n) is 7.71. The molecule has 1 aromatic carbocycles. The zero-order valence-electron chi connectivity index (χ0n) is 18.0. The molecule has 1 amide bonds. The van der Waals surface area contributed by atoms with E-state index in [1.807, 2.05) is 13.0 Å². The molecule has 4 rings (SSSR count). The molecule has 32 heavy (non-hydrogen) atoms. The Kier molecular flexibility index (Phi) is 7.24. The Morgan fingerprint density at radius 3 is 2.81 bits per heavy atom. The fraction of sp³-hybridized carbons (Fsp3) is 0.391. The number of carbonyl (C=O) groups excluding carboxylic acids is 1. The standard InChI is InChI=1S/C23H27ClFN5O2/c1-2-19-22(30-15-17(24)4-6-21(30)28-19)23(31)27-14-16-3-5-20(18(25)13-16)26-7-8-29-9-11-32-12-10-29/h3-6,13,15,26H,2,7-12,14H2,1H3,(H,27,31). The molecule has 1 aliphatic rings. The van der Waals surface area contributed by atoms with Crippen LogP contribution in [0.5, 0.6) is 0 Å². The van der Waals surface area contributed by atoms with E-state index in [0.29, 0.717) is 46.3 Å². The van der Waals surface area contributed by atoms with Gasteiger partial charge >= 0.3 is 0 Å². The second-order valence-corrected chi connectivity index (χ2v) is 8.15. The molecule has 1 fully saturated rings. The minimum Gasteiger partial charge on any atom is -0.381 e. The highest BCUT2D eigenvalue weighted by Crippen LogP contribution is 2.19. The van der Waals surface area contributed by atoms with Gasteiger partial charge in [-0.15, -0.1) is 0 Å². The van der Waals surface area contributed by atoms with Crippen LogP contribution < -0.4 is 10.6 Å². The van der Waals surface area contributed by atoms with Crippen molar-refractivity contribution in [2.45, 2.75) is 19.9 Å². The van der Waals surface area contributed by atoms with Gasteiger partial charge in [0.1, 0.15) is 17.2 Å². The first kappa shape index (κ1) is 22.5. The number of nitrogens with zero attached hydrogens (tertiary/aromatic N) is 3. The van der Waals surface area contributed by atoms with E-state index >= 15 is 0 Å². The minimum atomic E-state index is -0.338. The number of hydrogen-bond donors (Lipinski definition) is 2. The van der Waals surface area contributed by atoms with Crippen molar-refractivity contribution in [3.63, 3.8) is 0 Å². The van der Waals surface area contributed by atoms with Crippen LogP contribution in [0.15, 0.2) is 36.5 Å². The van der Waals surface area contributed by atoms with Gasteiger partial charge in [-0.3, -0.25) is 14.1 Å². The Bertz CT molecular complexity index is 1100. The molecule has 0 spiro atoms. The summed E-state index contributed by atoms with van der Waals surface area (Å²) in [7, 11) is 0. The number of amides is 1. The summed E-state index contributed by atoms with van der Waals surface area (Å²) in [6, 6.07) is 8.49. The van der Waals surface area contributed by atoms with Crippen molar-refractivity contribution in [1.82, 2.24) is 19.6 Å². The van der Waals surface area contributed by atoms with Crippen LogP contribution in [0.4, 0.5) is 10.1 Å². The van der Waals surface area contributed by atoms with Crippen molar-refractivity contribution in [3.05, 3.63) is 64.3 Å². The number of imidazole rings is 1. The van der Waals surface area contributed by atoms with Gasteiger partial charge in [-0.2, -0.15) is 0 Å².